The minimum Gasteiger partial charge on any atom is -0.359 e. The Balaban J connectivity index is 2.72. The second-order valence-corrected chi connectivity index (χ2v) is 11.2. The van der Waals surface area contributed by atoms with Gasteiger partial charge >= 0.3 is 0 Å². The zero-order valence-corrected chi connectivity index (χ0v) is 22.0. The first-order chi connectivity index (χ1) is 15.4. The third-order valence-corrected chi connectivity index (χ3v) is 8.09. The van der Waals surface area contributed by atoms with Gasteiger partial charge in [-0.05, 0) is 71.1 Å². The molecule has 5 heteroatoms. The molecule has 5 nitrogen and oxygen atoms in total. The first-order valence-electron chi connectivity index (χ1n) is 12.3. The quantitative estimate of drug-likeness (QED) is 0.167. The monoisotopic (exact) mass is 460 g/mol. The van der Waals surface area contributed by atoms with Crippen LogP contribution in [0, 0.1) is 28.1 Å². The minimum absolute atomic E-state index is 0.0136. The van der Waals surface area contributed by atoms with Crippen molar-refractivity contribution in [2.45, 2.75) is 87.0 Å². The van der Waals surface area contributed by atoms with Crippen molar-refractivity contribution in [2.24, 2.45) is 28.1 Å². The molecule has 0 saturated heterocycles. The van der Waals surface area contributed by atoms with Gasteiger partial charge in [-0.3, -0.25) is 14.4 Å². The molecule has 2 saturated carbocycles. The van der Waals surface area contributed by atoms with Gasteiger partial charge in [0, 0.05) is 19.4 Å². The predicted molar refractivity (Wildman–Crippen MR) is 131 cm³/mol. The van der Waals surface area contributed by atoms with Crippen LogP contribution in [0.2, 0.25) is 0 Å². The van der Waals surface area contributed by atoms with Crippen LogP contribution < -0.4 is 0 Å². The third kappa shape index (κ3) is 4.95. The van der Waals surface area contributed by atoms with Gasteiger partial charge < -0.3 is 9.47 Å². The number of rotatable bonds is 11. The average molecular weight is 461 g/mol. The van der Waals surface area contributed by atoms with Crippen molar-refractivity contribution in [3.05, 3.63) is 23.3 Å². The van der Waals surface area contributed by atoms with E-state index in [1.165, 1.54) is 5.57 Å². The minimum atomic E-state index is -1.17. The molecule has 0 aliphatic heterocycles. The highest BCUT2D eigenvalue weighted by atomic mass is 16.7. The number of hydrogen-bond donors (Lipinski definition) is 0. The van der Waals surface area contributed by atoms with Crippen LogP contribution in [0.3, 0.4) is 0 Å². The lowest BCUT2D eigenvalue weighted by Crippen LogP contribution is -2.69. The predicted octanol–water partition coefficient (Wildman–Crippen LogP) is 5.87. The molecule has 0 N–H and O–H groups in total. The summed E-state index contributed by atoms with van der Waals surface area (Å²) in [6.07, 6.45) is 7.04. The maximum Gasteiger partial charge on any atom is 0.160 e. The highest BCUT2D eigenvalue weighted by Crippen LogP contribution is 2.66. The summed E-state index contributed by atoms with van der Waals surface area (Å²) in [5.74, 6) is -0.554. The zero-order chi connectivity index (χ0) is 25.0. The number of methoxy groups -OCH3 is 1. The summed E-state index contributed by atoms with van der Waals surface area (Å²) in [7, 11) is 1.58. The van der Waals surface area contributed by atoms with Crippen LogP contribution in [0.5, 0.6) is 0 Å². The fourth-order valence-corrected chi connectivity index (χ4v) is 6.21. The molecule has 0 spiro atoms. The van der Waals surface area contributed by atoms with E-state index >= 15 is 0 Å². The third-order valence-electron chi connectivity index (χ3n) is 8.09. The van der Waals surface area contributed by atoms with E-state index in [9.17, 15) is 14.4 Å². The normalized spacial score (nSPS) is 31.5. The van der Waals surface area contributed by atoms with Crippen LogP contribution in [0.25, 0.3) is 0 Å². The molecule has 2 aliphatic carbocycles. The van der Waals surface area contributed by atoms with Crippen molar-refractivity contribution in [1.82, 2.24) is 0 Å². The topological polar surface area (TPSA) is 69.7 Å². The molecule has 0 aromatic carbocycles. The van der Waals surface area contributed by atoms with Gasteiger partial charge in [-0.2, -0.15) is 0 Å². The zero-order valence-electron chi connectivity index (χ0n) is 22.0. The van der Waals surface area contributed by atoms with Crippen molar-refractivity contribution in [3.8, 4) is 0 Å². The number of fused-ring (bicyclic) bond motifs is 2. The number of carbonyl (C=O) groups excluding carboxylic acids is 3. The van der Waals surface area contributed by atoms with E-state index in [0.717, 1.165) is 12.0 Å². The molecule has 0 aromatic heterocycles. The molecule has 186 valence electrons. The molecule has 2 aliphatic rings. The maximum absolute atomic E-state index is 14.5. The summed E-state index contributed by atoms with van der Waals surface area (Å²) in [6, 6.07) is 0. The first-order valence-corrected chi connectivity index (χ1v) is 12.3. The Bertz CT molecular complexity index is 814. The summed E-state index contributed by atoms with van der Waals surface area (Å²) in [6.45, 7) is 14.4. The maximum atomic E-state index is 14.5. The highest BCUT2D eigenvalue weighted by Gasteiger charge is 2.72. The summed E-state index contributed by atoms with van der Waals surface area (Å²) in [5, 5.41) is 0. The number of hydrogen-bond acceptors (Lipinski definition) is 5. The van der Waals surface area contributed by atoms with Gasteiger partial charge in [0.05, 0.1) is 17.4 Å². The molecule has 2 bridgehead atoms. The molecule has 0 heterocycles. The van der Waals surface area contributed by atoms with Gasteiger partial charge in [-0.25, -0.2) is 0 Å². The Hall–Kier alpha value is -1.59. The average Bonchev–Trinajstić information content (AvgIpc) is 2.73. The Kier molecular flexibility index (Phi) is 9.03. The van der Waals surface area contributed by atoms with Crippen molar-refractivity contribution in [1.29, 1.82) is 0 Å². The molecule has 0 aromatic rings. The second kappa shape index (κ2) is 10.8. The fraction of sp³-hybridized carbons (Fsp3) is 0.750. The van der Waals surface area contributed by atoms with Crippen molar-refractivity contribution >= 4 is 17.3 Å². The fourth-order valence-electron chi connectivity index (χ4n) is 6.21. The summed E-state index contributed by atoms with van der Waals surface area (Å²) < 4.78 is 11.0. The number of allylic oxidation sites excluding steroid dienone is 4. The molecule has 0 unspecified atom stereocenters. The summed E-state index contributed by atoms with van der Waals surface area (Å²) in [4.78, 5) is 41.9. The Labute approximate surface area is 200 Å². The van der Waals surface area contributed by atoms with Crippen LogP contribution in [-0.2, 0) is 23.9 Å². The van der Waals surface area contributed by atoms with Crippen molar-refractivity contribution < 1.29 is 23.9 Å². The lowest BCUT2D eigenvalue weighted by molar-refractivity contribution is -0.190. The van der Waals surface area contributed by atoms with E-state index in [2.05, 4.69) is 26.8 Å². The van der Waals surface area contributed by atoms with Crippen molar-refractivity contribution in [3.63, 3.8) is 0 Å². The number of Topliss-reactive ketones (excluding diaryl/α,β-unsaturated/α-hetero) is 3. The summed E-state index contributed by atoms with van der Waals surface area (Å²) in [5.41, 5.74) is -0.619. The number of carbonyl (C=O) groups is 3. The van der Waals surface area contributed by atoms with Gasteiger partial charge in [-0.1, -0.05) is 44.1 Å². The highest BCUT2D eigenvalue weighted by molar-refractivity contribution is 6.21. The van der Waals surface area contributed by atoms with E-state index in [4.69, 9.17) is 9.47 Å². The smallest absolute Gasteiger partial charge is 0.160 e. The van der Waals surface area contributed by atoms with Crippen molar-refractivity contribution in [2.75, 3.05) is 20.5 Å². The van der Waals surface area contributed by atoms with Crippen LogP contribution in [0.4, 0.5) is 0 Å². The lowest BCUT2D eigenvalue weighted by atomic mass is 9.38. The molecule has 2 fully saturated rings. The Morgan fingerprint density at radius 2 is 1.76 bits per heavy atom. The molecular formula is C28H44O5. The van der Waals surface area contributed by atoms with Crippen LogP contribution in [-0.4, -0.2) is 37.9 Å². The lowest BCUT2D eigenvalue weighted by Gasteiger charge is -2.62. The molecule has 4 atom stereocenters. The van der Waals surface area contributed by atoms with Gasteiger partial charge in [0.25, 0.3) is 0 Å². The molecule has 33 heavy (non-hydrogen) atoms. The second-order valence-electron chi connectivity index (χ2n) is 11.2. The van der Waals surface area contributed by atoms with E-state index in [1.807, 2.05) is 33.8 Å². The first kappa shape index (κ1) is 27.7. The molecule has 0 amide bonds. The largest absolute Gasteiger partial charge is 0.359 e. The van der Waals surface area contributed by atoms with E-state index < -0.39 is 16.2 Å². The SMILES string of the molecule is COCOC[C@H]1C[C@]2(CC=C(C)C)C(=O)CC[C@@](C(=O)C(C)C)(C2=O)[C@]1(C)CCC=C(C)C. The summed E-state index contributed by atoms with van der Waals surface area (Å²) >= 11 is 0. The Morgan fingerprint density at radius 3 is 2.30 bits per heavy atom. The number of ether oxygens (including phenoxy) is 2. The van der Waals surface area contributed by atoms with Gasteiger partial charge in [0.15, 0.2) is 5.78 Å². The van der Waals surface area contributed by atoms with Crippen LogP contribution in [0.1, 0.15) is 87.0 Å². The van der Waals surface area contributed by atoms with Crippen LogP contribution >= 0.6 is 0 Å². The molecule has 2 rings (SSSR count). The number of ketones is 3. The van der Waals surface area contributed by atoms with E-state index in [1.54, 1.807) is 7.11 Å². The van der Waals surface area contributed by atoms with E-state index in [0.29, 0.717) is 32.3 Å². The van der Waals surface area contributed by atoms with Crippen LogP contribution in [0.15, 0.2) is 23.3 Å². The Morgan fingerprint density at radius 1 is 1.12 bits per heavy atom. The molecular weight excluding hydrogens is 416 g/mol. The standard InChI is InChI=1S/C28H44O5/c1-19(2)10-9-13-26(7)22(17-33-18-32-8)16-27(14-11-20(3)4)23(29)12-15-28(26,25(27)31)24(30)21(5)6/h10-11,21-22H,9,12-18H2,1-8H3/t22-,26-,27-,28-/m1/s1. The van der Waals surface area contributed by atoms with E-state index in [-0.39, 0.29) is 42.4 Å². The van der Waals surface area contributed by atoms with Gasteiger partial charge in [0.1, 0.15) is 18.4 Å². The molecule has 0 radical (unpaired) electrons. The van der Waals surface area contributed by atoms with Gasteiger partial charge in [0.2, 0.25) is 0 Å². The van der Waals surface area contributed by atoms with Gasteiger partial charge in [-0.15, -0.1) is 0 Å².